The summed E-state index contributed by atoms with van der Waals surface area (Å²) in [6.45, 7) is 4.05. The van der Waals surface area contributed by atoms with Crippen LogP contribution in [0.5, 0.6) is 0 Å². The standard InChI is InChI=1S/C12H19NO2/c1-10-12(9-13-2,4-6-15-10)7-11-3-5-14-8-11/h3,5,8,10,13H,4,6-7,9H2,1-2H3. The molecule has 0 aromatic carbocycles. The predicted octanol–water partition coefficient (Wildman–Crippen LogP) is 1.84. The Morgan fingerprint density at radius 3 is 3.00 bits per heavy atom. The van der Waals surface area contributed by atoms with Crippen molar-refractivity contribution in [3.8, 4) is 0 Å². The average molecular weight is 209 g/mol. The minimum absolute atomic E-state index is 0.235. The van der Waals surface area contributed by atoms with Crippen molar-refractivity contribution in [3.63, 3.8) is 0 Å². The molecular weight excluding hydrogens is 190 g/mol. The summed E-state index contributed by atoms with van der Waals surface area (Å²) in [6.07, 6.45) is 6.05. The third kappa shape index (κ3) is 2.08. The van der Waals surface area contributed by atoms with E-state index in [1.54, 1.807) is 6.26 Å². The molecule has 1 N–H and O–H groups in total. The first-order chi connectivity index (χ1) is 7.27. The fourth-order valence-electron chi connectivity index (χ4n) is 2.50. The van der Waals surface area contributed by atoms with Gasteiger partial charge in [0.25, 0.3) is 0 Å². The highest BCUT2D eigenvalue weighted by molar-refractivity contribution is 5.11. The lowest BCUT2D eigenvalue weighted by Gasteiger charge is -2.31. The van der Waals surface area contributed by atoms with Gasteiger partial charge in [0.05, 0.1) is 18.6 Å². The Morgan fingerprint density at radius 1 is 1.60 bits per heavy atom. The maximum Gasteiger partial charge on any atom is 0.0934 e. The summed E-state index contributed by atoms with van der Waals surface area (Å²) in [7, 11) is 2.00. The van der Waals surface area contributed by atoms with E-state index >= 15 is 0 Å². The lowest BCUT2D eigenvalue weighted by molar-refractivity contribution is 0.0639. The molecule has 1 aliphatic heterocycles. The van der Waals surface area contributed by atoms with Crippen LogP contribution in [0.25, 0.3) is 0 Å². The van der Waals surface area contributed by atoms with Crippen LogP contribution in [-0.2, 0) is 11.2 Å². The molecule has 0 saturated carbocycles. The largest absolute Gasteiger partial charge is 0.472 e. The van der Waals surface area contributed by atoms with Gasteiger partial charge >= 0.3 is 0 Å². The molecule has 2 rings (SSSR count). The number of hydrogen-bond acceptors (Lipinski definition) is 3. The molecule has 0 aliphatic carbocycles. The van der Waals surface area contributed by atoms with Crippen molar-refractivity contribution < 1.29 is 9.15 Å². The van der Waals surface area contributed by atoms with E-state index in [0.717, 1.165) is 26.0 Å². The summed E-state index contributed by atoms with van der Waals surface area (Å²) < 4.78 is 10.8. The number of ether oxygens (including phenoxy) is 1. The maximum atomic E-state index is 5.70. The Balaban J connectivity index is 2.12. The summed E-state index contributed by atoms with van der Waals surface area (Å²) in [5.41, 5.74) is 1.50. The van der Waals surface area contributed by atoms with Gasteiger partial charge in [-0.05, 0) is 38.4 Å². The van der Waals surface area contributed by atoms with Crippen molar-refractivity contribution in [2.45, 2.75) is 25.9 Å². The molecule has 0 spiro atoms. The first-order valence-corrected chi connectivity index (χ1v) is 5.54. The van der Waals surface area contributed by atoms with Gasteiger partial charge in [-0.1, -0.05) is 0 Å². The Bertz CT molecular complexity index is 297. The van der Waals surface area contributed by atoms with Gasteiger partial charge in [0, 0.05) is 18.6 Å². The van der Waals surface area contributed by atoms with Gasteiger partial charge < -0.3 is 14.5 Å². The van der Waals surface area contributed by atoms with E-state index in [1.165, 1.54) is 5.56 Å². The molecule has 1 aliphatic rings. The first-order valence-electron chi connectivity index (χ1n) is 5.54. The molecule has 15 heavy (non-hydrogen) atoms. The van der Waals surface area contributed by atoms with Gasteiger partial charge in [0.2, 0.25) is 0 Å². The Kier molecular flexibility index (Phi) is 3.12. The molecule has 1 aromatic heterocycles. The van der Waals surface area contributed by atoms with Crippen LogP contribution in [0.15, 0.2) is 23.0 Å². The van der Waals surface area contributed by atoms with Gasteiger partial charge in [-0.25, -0.2) is 0 Å². The highest BCUT2D eigenvalue weighted by atomic mass is 16.5. The molecule has 0 radical (unpaired) electrons. The third-order valence-corrected chi connectivity index (χ3v) is 3.50. The second-order valence-corrected chi connectivity index (χ2v) is 4.46. The Hall–Kier alpha value is -0.800. The van der Waals surface area contributed by atoms with Crippen LogP contribution in [0.1, 0.15) is 18.9 Å². The van der Waals surface area contributed by atoms with Crippen LogP contribution < -0.4 is 5.32 Å². The van der Waals surface area contributed by atoms with Gasteiger partial charge in [-0.3, -0.25) is 0 Å². The van der Waals surface area contributed by atoms with E-state index < -0.39 is 0 Å². The van der Waals surface area contributed by atoms with Crippen molar-refractivity contribution in [1.29, 1.82) is 0 Å². The first kappa shape index (κ1) is 10.7. The van der Waals surface area contributed by atoms with E-state index in [1.807, 2.05) is 19.4 Å². The number of nitrogens with one attached hydrogen (secondary N) is 1. The van der Waals surface area contributed by atoms with Crippen LogP contribution >= 0.6 is 0 Å². The second-order valence-electron chi connectivity index (χ2n) is 4.46. The summed E-state index contributed by atoms with van der Waals surface area (Å²) in [5.74, 6) is 0. The molecule has 2 atom stereocenters. The SMILES string of the molecule is CNCC1(Cc2ccoc2)CCOC1C. The fourth-order valence-corrected chi connectivity index (χ4v) is 2.50. The Morgan fingerprint density at radius 2 is 2.47 bits per heavy atom. The fraction of sp³-hybridized carbons (Fsp3) is 0.667. The molecule has 84 valence electrons. The monoisotopic (exact) mass is 209 g/mol. The third-order valence-electron chi connectivity index (χ3n) is 3.50. The molecular formula is C12H19NO2. The van der Waals surface area contributed by atoms with Crippen LogP contribution in [0.2, 0.25) is 0 Å². The molecule has 0 bridgehead atoms. The van der Waals surface area contributed by atoms with Crippen molar-refractivity contribution in [1.82, 2.24) is 5.32 Å². The molecule has 0 amide bonds. The lowest BCUT2D eigenvalue weighted by Crippen LogP contribution is -2.40. The molecule has 3 heteroatoms. The molecule has 1 aromatic rings. The summed E-state index contributed by atoms with van der Waals surface area (Å²) in [5, 5.41) is 3.28. The second kappa shape index (κ2) is 4.37. The summed E-state index contributed by atoms with van der Waals surface area (Å²) >= 11 is 0. The summed E-state index contributed by atoms with van der Waals surface area (Å²) in [6, 6.07) is 2.04. The van der Waals surface area contributed by atoms with E-state index in [4.69, 9.17) is 9.15 Å². The topological polar surface area (TPSA) is 34.4 Å². The van der Waals surface area contributed by atoms with Gasteiger partial charge in [-0.15, -0.1) is 0 Å². The molecule has 3 nitrogen and oxygen atoms in total. The minimum Gasteiger partial charge on any atom is -0.472 e. The van der Waals surface area contributed by atoms with Crippen molar-refractivity contribution in [2.24, 2.45) is 5.41 Å². The quantitative estimate of drug-likeness (QED) is 0.821. The van der Waals surface area contributed by atoms with Gasteiger partial charge in [0.1, 0.15) is 0 Å². The zero-order valence-electron chi connectivity index (χ0n) is 9.45. The van der Waals surface area contributed by atoms with E-state index in [2.05, 4.69) is 12.2 Å². The number of hydrogen-bond donors (Lipinski definition) is 1. The molecule has 2 heterocycles. The number of furan rings is 1. The highest BCUT2D eigenvalue weighted by Crippen LogP contribution is 2.37. The predicted molar refractivity (Wildman–Crippen MR) is 58.8 cm³/mol. The van der Waals surface area contributed by atoms with Gasteiger partial charge in [0.15, 0.2) is 0 Å². The van der Waals surface area contributed by atoms with Crippen molar-refractivity contribution in [3.05, 3.63) is 24.2 Å². The number of rotatable bonds is 4. The zero-order chi connectivity index (χ0) is 10.7. The average Bonchev–Trinajstić information content (AvgIpc) is 2.80. The Labute approximate surface area is 90.8 Å². The zero-order valence-corrected chi connectivity index (χ0v) is 9.45. The molecule has 2 unspecified atom stereocenters. The summed E-state index contributed by atoms with van der Waals surface area (Å²) in [4.78, 5) is 0. The molecule has 1 fully saturated rings. The van der Waals surface area contributed by atoms with Crippen molar-refractivity contribution >= 4 is 0 Å². The van der Waals surface area contributed by atoms with E-state index in [-0.39, 0.29) is 5.41 Å². The van der Waals surface area contributed by atoms with Crippen LogP contribution in [-0.4, -0.2) is 26.3 Å². The van der Waals surface area contributed by atoms with Crippen LogP contribution in [0.3, 0.4) is 0 Å². The van der Waals surface area contributed by atoms with Crippen LogP contribution in [0.4, 0.5) is 0 Å². The molecule has 1 saturated heterocycles. The highest BCUT2D eigenvalue weighted by Gasteiger charge is 2.41. The minimum atomic E-state index is 0.235. The normalized spacial score (nSPS) is 30.9. The van der Waals surface area contributed by atoms with Crippen molar-refractivity contribution in [2.75, 3.05) is 20.2 Å². The smallest absolute Gasteiger partial charge is 0.0934 e. The maximum absolute atomic E-state index is 5.70. The lowest BCUT2D eigenvalue weighted by atomic mass is 9.76. The van der Waals surface area contributed by atoms with E-state index in [9.17, 15) is 0 Å². The van der Waals surface area contributed by atoms with Crippen LogP contribution in [0, 0.1) is 5.41 Å². The van der Waals surface area contributed by atoms with E-state index in [0.29, 0.717) is 6.10 Å². The van der Waals surface area contributed by atoms with Gasteiger partial charge in [-0.2, -0.15) is 0 Å².